The van der Waals surface area contributed by atoms with E-state index in [1.807, 2.05) is 0 Å². The molecule has 0 bridgehead atoms. The Morgan fingerprint density at radius 3 is 2.33 bits per heavy atom. The van der Waals surface area contributed by atoms with Crippen LogP contribution in [0.2, 0.25) is 0 Å². The van der Waals surface area contributed by atoms with Gasteiger partial charge in [-0.1, -0.05) is 0 Å². The summed E-state index contributed by atoms with van der Waals surface area (Å²) in [5, 5.41) is 0. The number of nitrogens with two attached hydrogens (primary N) is 1. The van der Waals surface area contributed by atoms with E-state index in [1.54, 1.807) is 0 Å². The van der Waals surface area contributed by atoms with Crippen LogP contribution in [-0.2, 0) is 9.47 Å². The Balaban J connectivity index is 1.89. The molecule has 0 aromatic heterocycles. The molecule has 12 heavy (non-hydrogen) atoms. The van der Waals surface area contributed by atoms with Crippen molar-refractivity contribution in [2.24, 2.45) is 11.7 Å². The minimum Gasteiger partial charge on any atom is -0.381 e. The Hall–Kier alpha value is -0.120. The van der Waals surface area contributed by atoms with Crippen LogP contribution in [0.5, 0.6) is 0 Å². The summed E-state index contributed by atoms with van der Waals surface area (Å²) in [5.41, 5.74) is 5.94. The maximum Gasteiger partial charge on any atom is 0.0756 e. The minimum absolute atomic E-state index is 0.271. The highest BCUT2D eigenvalue weighted by Gasteiger charge is 2.33. The molecule has 0 radical (unpaired) electrons. The van der Waals surface area contributed by atoms with Crippen LogP contribution in [0, 0.1) is 5.92 Å². The lowest BCUT2D eigenvalue weighted by Crippen LogP contribution is -2.38. The molecule has 2 atom stereocenters. The molecule has 2 N–H and O–H groups in total. The number of hydrogen-bond donors (Lipinski definition) is 1. The van der Waals surface area contributed by atoms with Crippen molar-refractivity contribution in [2.45, 2.75) is 31.4 Å². The molecular weight excluding hydrogens is 154 g/mol. The van der Waals surface area contributed by atoms with Crippen molar-refractivity contribution < 1.29 is 9.47 Å². The van der Waals surface area contributed by atoms with Crippen LogP contribution in [0.1, 0.15) is 19.3 Å². The Kier molecular flexibility index (Phi) is 2.63. The molecule has 2 fully saturated rings. The second-order valence-corrected chi connectivity index (χ2v) is 3.74. The number of ether oxygens (including phenoxy) is 2. The summed E-state index contributed by atoms with van der Waals surface area (Å²) in [6.07, 6.45) is 3.59. The molecule has 0 spiro atoms. The van der Waals surface area contributed by atoms with Crippen LogP contribution in [0.15, 0.2) is 0 Å². The predicted molar refractivity (Wildman–Crippen MR) is 45.9 cm³/mol. The van der Waals surface area contributed by atoms with Gasteiger partial charge in [0.1, 0.15) is 0 Å². The Bertz CT molecular complexity index is 145. The molecule has 2 heterocycles. The predicted octanol–water partition coefficient (Wildman–Crippen LogP) is 0.529. The van der Waals surface area contributed by atoms with Gasteiger partial charge in [0.05, 0.1) is 6.10 Å². The van der Waals surface area contributed by atoms with Crippen LogP contribution in [0.25, 0.3) is 0 Å². The van der Waals surface area contributed by atoms with Crippen molar-refractivity contribution >= 4 is 0 Å². The first-order chi connectivity index (χ1) is 5.88. The highest BCUT2D eigenvalue weighted by atomic mass is 16.5. The third kappa shape index (κ3) is 1.63. The van der Waals surface area contributed by atoms with Crippen molar-refractivity contribution in [3.63, 3.8) is 0 Å². The molecule has 0 aliphatic carbocycles. The van der Waals surface area contributed by atoms with E-state index in [1.165, 1.54) is 0 Å². The zero-order valence-electron chi connectivity index (χ0n) is 7.37. The van der Waals surface area contributed by atoms with Gasteiger partial charge >= 0.3 is 0 Å². The summed E-state index contributed by atoms with van der Waals surface area (Å²) in [7, 11) is 0. The van der Waals surface area contributed by atoms with Gasteiger partial charge in [0.25, 0.3) is 0 Å². The third-order valence-electron chi connectivity index (χ3n) is 2.91. The van der Waals surface area contributed by atoms with Crippen LogP contribution in [0.3, 0.4) is 0 Å². The first-order valence-electron chi connectivity index (χ1n) is 4.83. The fourth-order valence-electron chi connectivity index (χ4n) is 2.16. The van der Waals surface area contributed by atoms with Gasteiger partial charge in [0.2, 0.25) is 0 Å². The highest BCUT2D eigenvalue weighted by molar-refractivity contribution is 4.85. The summed E-state index contributed by atoms with van der Waals surface area (Å²) >= 11 is 0. The SMILES string of the molecule is NC1CCOC1C1CCOCC1. The second-order valence-electron chi connectivity index (χ2n) is 3.74. The van der Waals surface area contributed by atoms with Crippen molar-refractivity contribution in [3.8, 4) is 0 Å². The van der Waals surface area contributed by atoms with E-state index >= 15 is 0 Å². The molecular formula is C9H17NO2. The van der Waals surface area contributed by atoms with E-state index in [2.05, 4.69) is 0 Å². The Labute approximate surface area is 73.2 Å². The lowest BCUT2D eigenvalue weighted by atomic mass is 9.90. The lowest BCUT2D eigenvalue weighted by Gasteiger charge is -2.29. The molecule has 0 amide bonds. The molecule has 2 aliphatic rings. The van der Waals surface area contributed by atoms with E-state index in [0.29, 0.717) is 12.0 Å². The Morgan fingerprint density at radius 1 is 1.00 bits per heavy atom. The molecule has 3 nitrogen and oxygen atoms in total. The smallest absolute Gasteiger partial charge is 0.0756 e. The van der Waals surface area contributed by atoms with Crippen LogP contribution < -0.4 is 5.73 Å². The fraction of sp³-hybridized carbons (Fsp3) is 1.00. The van der Waals surface area contributed by atoms with Gasteiger partial charge in [-0.05, 0) is 25.2 Å². The zero-order valence-corrected chi connectivity index (χ0v) is 7.37. The first-order valence-corrected chi connectivity index (χ1v) is 4.83. The van der Waals surface area contributed by atoms with Gasteiger partial charge in [-0.15, -0.1) is 0 Å². The largest absolute Gasteiger partial charge is 0.381 e. The van der Waals surface area contributed by atoms with Crippen LogP contribution in [0.4, 0.5) is 0 Å². The molecule has 2 rings (SSSR count). The standard InChI is InChI=1S/C9H17NO2/c10-8-3-6-12-9(8)7-1-4-11-5-2-7/h7-9H,1-6,10H2. The summed E-state index contributed by atoms with van der Waals surface area (Å²) in [6, 6.07) is 0.271. The average Bonchev–Trinajstić information content (AvgIpc) is 2.53. The van der Waals surface area contributed by atoms with E-state index < -0.39 is 0 Å². The average molecular weight is 171 g/mol. The molecule has 70 valence electrons. The second kappa shape index (κ2) is 3.73. The fourth-order valence-corrected chi connectivity index (χ4v) is 2.16. The molecule has 2 aliphatic heterocycles. The maximum atomic E-state index is 5.94. The maximum absolute atomic E-state index is 5.94. The lowest BCUT2D eigenvalue weighted by molar-refractivity contribution is -0.00961. The van der Waals surface area contributed by atoms with E-state index in [-0.39, 0.29) is 6.04 Å². The number of hydrogen-bond acceptors (Lipinski definition) is 3. The van der Waals surface area contributed by atoms with Gasteiger partial charge in [-0.3, -0.25) is 0 Å². The van der Waals surface area contributed by atoms with Gasteiger partial charge < -0.3 is 15.2 Å². The van der Waals surface area contributed by atoms with Crippen molar-refractivity contribution in [1.82, 2.24) is 0 Å². The van der Waals surface area contributed by atoms with Crippen LogP contribution in [-0.4, -0.2) is 32.0 Å². The van der Waals surface area contributed by atoms with E-state index in [4.69, 9.17) is 15.2 Å². The first kappa shape index (κ1) is 8.48. The topological polar surface area (TPSA) is 44.5 Å². The van der Waals surface area contributed by atoms with Crippen molar-refractivity contribution in [1.29, 1.82) is 0 Å². The Morgan fingerprint density at radius 2 is 1.75 bits per heavy atom. The van der Waals surface area contributed by atoms with Crippen molar-refractivity contribution in [2.75, 3.05) is 19.8 Å². The summed E-state index contributed by atoms with van der Waals surface area (Å²) < 4.78 is 10.9. The summed E-state index contributed by atoms with van der Waals surface area (Å²) in [6.45, 7) is 2.62. The quantitative estimate of drug-likeness (QED) is 0.626. The molecule has 2 unspecified atom stereocenters. The van der Waals surface area contributed by atoms with E-state index in [9.17, 15) is 0 Å². The van der Waals surface area contributed by atoms with Gasteiger partial charge in [-0.25, -0.2) is 0 Å². The van der Waals surface area contributed by atoms with Crippen molar-refractivity contribution in [3.05, 3.63) is 0 Å². The molecule has 0 aromatic rings. The van der Waals surface area contributed by atoms with Gasteiger partial charge in [0.15, 0.2) is 0 Å². The summed E-state index contributed by atoms with van der Waals surface area (Å²) in [5.74, 6) is 0.649. The third-order valence-corrected chi connectivity index (χ3v) is 2.91. The minimum atomic E-state index is 0.271. The summed E-state index contributed by atoms with van der Waals surface area (Å²) in [4.78, 5) is 0. The molecule has 0 saturated carbocycles. The normalized spacial score (nSPS) is 38.8. The van der Waals surface area contributed by atoms with E-state index in [0.717, 1.165) is 39.1 Å². The highest BCUT2D eigenvalue weighted by Crippen LogP contribution is 2.27. The van der Waals surface area contributed by atoms with Gasteiger partial charge in [0, 0.05) is 25.9 Å². The zero-order chi connectivity index (χ0) is 8.39. The molecule has 2 saturated heterocycles. The van der Waals surface area contributed by atoms with Gasteiger partial charge in [-0.2, -0.15) is 0 Å². The van der Waals surface area contributed by atoms with Crippen LogP contribution >= 0.6 is 0 Å². The molecule has 3 heteroatoms. The monoisotopic (exact) mass is 171 g/mol. The number of rotatable bonds is 1. The molecule has 0 aromatic carbocycles.